The monoisotopic (exact) mass is 247 g/mol. The van der Waals surface area contributed by atoms with Crippen LogP contribution in [0.2, 0.25) is 10.0 Å². The molecule has 84 valence electrons. The summed E-state index contributed by atoms with van der Waals surface area (Å²) in [5.74, 6) is 0. The van der Waals surface area contributed by atoms with Gasteiger partial charge in [-0.2, -0.15) is 0 Å². The predicted octanol–water partition coefficient (Wildman–Crippen LogP) is 2.46. The third kappa shape index (κ3) is 3.99. The second kappa shape index (κ2) is 5.71. The molecule has 15 heavy (non-hydrogen) atoms. The molecule has 0 saturated heterocycles. The Labute approximate surface area is 100 Å². The second-order valence-electron chi connectivity index (χ2n) is 3.82. The van der Waals surface area contributed by atoms with E-state index < -0.39 is 6.10 Å². The number of aliphatic hydroxyl groups excluding tert-OH is 1. The minimum absolute atomic E-state index is 0.447. The second-order valence-corrected chi connectivity index (χ2v) is 4.63. The maximum Gasteiger partial charge on any atom is 0.0708 e. The van der Waals surface area contributed by atoms with E-state index in [-0.39, 0.29) is 0 Å². The van der Waals surface area contributed by atoms with Crippen molar-refractivity contribution in [2.75, 3.05) is 20.6 Å². The van der Waals surface area contributed by atoms with Gasteiger partial charge in [0.05, 0.1) is 6.10 Å². The summed E-state index contributed by atoms with van der Waals surface area (Å²) in [6, 6.07) is 5.36. The van der Waals surface area contributed by atoms with E-state index in [1.54, 1.807) is 18.2 Å². The lowest BCUT2D eigenvalue weighted by molar-refractivity contribution is 0.137. The minimum Gasteiger partial charge on any atom is -0.391 e. The summed E-state index contributed by atoms with van der Waals surface area (Å²) >= 11 is 12.0. The first-order chi connectivity index (χ1) is 7.00. The zero-order chi connectivity index (χ0) is 11.4. The van der Waals surface area contributed by atoms with Gasteiger partial charge in [0.25, 0.3) is 0 Å². The average Bonchev–Trinajstić information content (AvgIpc) is 2.10. The van der Waals surface area contributed by atoms with Crippen LogP contribution in [-0.2, 0) is 6.42 Å². The number of hydrogen-bond acceptors (Lipinski definition) is 2. The van der Waals surface area contributed by atoms with Gasteiger partial charge in [0.2, 0.25) is 0 Å². The number of rotatable bonds is 4. The fourth-order valence-corrected chi connectivity index (χ4v) is 2.00. The van der Waals surface area contributed by atoms with E-state index in [9.17, 15) is 5.11 Å². The van der Waals surface area contributed by atoms with Crippen molar-refractivity contribution in [2.24, 2.45) is 0 Å². The summed E-state index contributed by atoms with van der Waals surface area (Å²) < 4.78 is 0. The highest BCUT2D eigenvalue weighted by Gasteiger charge is 2.12. The standard InChI is InChI=1S/C11H15Cl2NO/c1-14(2)7-8(15)6-9-10(12)4-3-5-11(9)13/h3-5,8,15H,6-7H2,1-2H3. The van der Waals surface area contributed by atoms with Crippen LogP contribution in [0, 0.1) is 0 Å². The van der Waals surface area contributed by atoms with Crippen LogP contribution in [0.15, 0.2) is 18.2 Å². The van der Waals surface area contributed by atoms with Crippen molar-refractivity contribution >= 4 is 23.2 Å². The van der Waals surface area contributed by atoms with Crippen molar-refractivity contribution in [1.29, 1.82) is 0 Å². The van der Waals surface area contributed by atoms with Crippen LogP contribution in [0.3, 0.4) is 0 Å². The van der Waals surface area contributed by atoms with Gasteiger partial charge in [0.1, 0.15) is 0 Å². The molecule has 0 aliphatic rings. The minimum atomic E-state index is -0.447. The lowest BCUT2D eigenvalue weighted by Crippen LogP contribution is -2.27. The molecule has 1 aromatic carbocycles. The van der Waals surface area contributed by atoms with Crippen molar-refractivity contribution in [3.8, 4) is 0 Å². The third-order valence-electron chi connectivity index (χ3n) is 2.08. The predicted molar refractivity (Wildman–Crippen MR) is 64.7 cm³/mol. The van der Waals surface area contributed by atoms with Gasteiger partial charge in [-0.3, -0.25) is 0 Å². The molecule has 0 bridgehead atoms. The first-order valence-corrected chi connectivity index (χ1v) is 5.52. The van der Waals surface area contributed by atoms with Crippen LogP contribution in [0.4, 0.5) is 0 Å². The number of halogens is 2. The van der Waals surface area contributed by atoms with E-state index in [0.717, 1.165) is 5.56 Å². The van der Waals surface area contributed by atoms with Crippen molar-refractivity contribution in [2.45, 2.75) is 12.5 Å². The SMILES string of the molecule is CN(C)CC(O)Cc1c(Cl)cccc1Cl. The van der Waals surface area contributed by atoms with Crippen molar-refractivity contribution < 1.29 is 5.11 Å². The number of nitrogens with zero attached hydrogens (tertiary/aromatic N) is 1. The Balaban J connectivity index is 2.71. The Morgan fingerprint density at radius 3 is 2.27 bits per heavy atom. The highest BCUT2D eigenvalue weighted by Crippen LogP contribution is 2.25. The van der Waals surface area contributed by atoms with Gasteiger partial charge < -0.3 is 10.0 Å². The Bertz CT molecular complexity index is 308. The fraction of sp³-hybridized carbons (Fsp3) is 0.455. The molecule has 0 amide bonds. The lowest BCUT2D eigenvalue weighted by atomic mass is 10.1. The van der Waals surface area contributed by atoms with Gasteiger partial charge in [-0.15, -0.1) is 0 Å². The quantitative estimate of drug-likeness (QED) is 0.884. The molecule has 1 unspecified atom stereocenters. The molecule has 1 N–H and O–H groups in total. The third-order valence-corrected chi connectivity index (χ3v) is 2.79. The number of benzene rings is 1. The van der Waals surface area contributed by atoms with Crippen LogP contribution in [0.25, 0.3) is 0 Å². The maximum absolute atomic E-state index is 9.76. The molecule has 0 spiro atoms. The highest BCUT2D eigenvalue weighted by atomic mass is 35.5. The van der Waals surface area contributed by atoms with Gasteiger partial charge in [-0.1, -0.05) is 29.3 Å². The highest BCUT2D eigenvalue weighted by molar-refractivity contribution is 6.35. The molecular weight excluding hydrogens is 233 g/mol. The summed E-state index contributed by atoms with van der Waals surface area (Å²) in [5.41, 5.74) is 0.815. The smallest absolute Gasteiger partial charge is 0.0708 e. The molecule has 4 heteroatoms. The molecular formula is C11H15Cl2NO. The van der Waals surface area contributed by atoms with E-state index in [0.29, 0.717) is 23.0 Å². The van der Waals surface area contributed by atoms with Crippen molar-refractivity contribution in [3.63, 3.8) is 0 Å². The van der Waals surface area contributed by atoms with Crippen molar-refractivity contribution in [3.05, 3.63) is 33.8 Å². The van der Waals surface area contributed by atoms with Gasteiger partial charge in [0.15, 0.2) is 0 Å². The summed E-state index contributed by atoms with van der Waals surface area (Å²) in [7, 11) is 3.83. The number of aliphatic hydroxyl groups is 1. The molecule has 0 aliphatic carbocycles. The molecule has 1 aromatic rings. The number of likely N-dealkylation sites (N-methyl/N-ethyl adjacent to an activating group) is 1. The molecule has 0 saturated carbocycles. The van der Waals surface area contributed by atoms with E-state index >= 15 is 0 Å². The first-order valence-electron chi connectivity index (χ1n) is 4.76. The van der Waals surface area contributed by atoms with Crippen LogP contribution in [0.5, 0.6) is 0 Å². The Hall–Kier alpha value is -0.280. The summed E-state index contributed by atoms with van der Waals surface area (Å²) in [6.07, 6.45) is 0.0360. The zero-order valence-electron chi connectivity index (χ0n) is 8.87. The molecule has 0 heterocycles. The topological polar surface area (TPSA) is 23.5 Å². The Morgan fingerprint density at radius 1 is 1.27 bits per heavy atom. The van der Waals surface area contributed by atoms with Crippen molar-refractivity contribution in [1.82, 2.24) is 4.90 Å². The van der Waals surface area contributed by atoms with Crippen LogP contribution in [0.1, 0.15) is 5.56 Å². The van der Waals surface area contributed by atoms with Gasteiger partial charge in [-0.05, 0) is 31.8 Å². The number of hydrogen-bond donors (Lipinski definition) is 1. The van der Waals surface area contributed by atoms with E-state index in [4.69, 9.17) is 23.2 Å². The molecule has 0 aromatic heterocycles. The molecule has 0 radical (unpaired) electrons. The van der Waals surface area contributed by atoms with Crippen LogP contribution < -0.4 is 0 Å². The van der Waals surface area contributed by atoms with Gasteiger partial charge >= 0.3 is 0 Å². The summed E-state index contributed by atoms with van der Waals surface area (Å²) in [5, 5.41) is 11.0. The van der Waals surface area contributed by atoms with Crippen LogP contribution in [-0.4, -0.2) is 36.8 Å². The molecule has 2 nitrogen and oxygen atoms in total. The summed E-state index contributed by atoms with van der Waals surface area (Å²) in [6.45, 7) is 0.599. The average molecular weight is 248 g/mol. The van der Waals surface area contributed by atoms with E-state index in [1.165, 1.54) is 0 Å². The largest absolute Gasteiger partial charge is 0.391 e. The summed E-state index contributed by atoms with van der Waals surface area (Å²) in [4.78, 5) is 1.93. The van der Waals surface area contributed by atoms with E-state index in [1.807, 2.05) is 19.0 Å². The Kier molecular flexibility index (Phi) is 4.87. The fourth-order valence-electron chi connectivity index (χ4n) is 1.45. The Morgan fingerprint density at radius 2 is 1.80 bits per heavy atom. The molecule has 1 rings (SSSR count). The first kappa shape index (κ1) is 12.8. The molecule has 1 atom stereocenters. The van der Waals surface area contributed by atoms with E-state index in [2.05, 4.69) is 0 Å². The van der Waals surface area contributed by atoms with Crippen LogP contribution >= 0.6 is 23.2 Å². The normalized spacial score (nSPS) is 13.2. The lowest BCUT2D eigenvalue weighted by Gasteiger charge is -2.17. The van der Waals surface area contributed by atoms with Gasteiger partial charge in [-0.25, -0.2) is 0 Å². The maximum atomic E-state index is 9.76. The van der Waals surface area contributed by atoms with Gasteiger partial charge in [0, 0.05) is 23.0 Å². The molecule has 0 aliphatic heterocycles. The zero-order valence-corrected chi connectivity index (χ0v) is 10.4. The molecule has 0 fully saturated rings.